The number of nitrogens with zero attached hydrogens (tertiary/aromatic N) is 1. The molecular formula is C22H30FIN4O3S. The Morgan fingerprint density at radius 3 is 2.22 bits per heavy atom. The number of carbonyl (C=O) groups is 1. The first-order chi connectivity index (χ1) is 14.6. The highest BCUT2D eigenvalue weighted by Gasteiger charge is 2.11. The van der Waals surface area contributed by atoms with E-state index in [1.165, 1.54) is 18.2 Å². The number of nitrogens with one attached hydrogen (secondary N) is 3. The van der Waals surface area contributed by atoms with Crippen LogP contribution in [0.2, 0.25) is 0 Å². The van der Waals surface area contributed by atoms with E-state index in [0.29, 0.717) is 23.6 Å². The van der Waals surface area contributed by atoms with Gasteiger partial charge in [0.15, 0.2) is 15.8 Å². The average molecular weight is 576 g/mol. The Balaban J connectivity index is 0.00000512. The van der Waals surface area contributed by atoms with Gasteiger partial charge in [-0.3, -0.25) is 9.79 Å². The zero-order valence-electron chi connectivity index (χ0n) is 18.6. The summed E-state index contributed by atoms with van der Waals surface area (Å²) in [5.74, 6) is -0.223. The van der Waals surface area contributed by atoms with Crippen LogP contribution in [0.15, 0.2) is 47.5 Å². The smallest absolute Gasteiger partial charge is 0.226 e. The number of rotatable bonds is 8. The van der Waals surface area contributed by atoms with Gasteiger partial charge in [-0.25, -0.2) is 12.8 Å². The third-order valence-electron chi connectivity index (χ3n) is 4.46. The summed E-state index contributed by atoms with van der Waals surface area (Å²) in [6, 6.07) is 11.5. The molecule has 0 spiro atoms. The van der Waals surface area contributed by atoms with E-state index < -0.39 is 15.7 Å². The van der Waals surface area contributed by atoms with Crippen molar-refractivity contribution in [3.05, 3.63) is 65.0 Å². The predicted molar refractivity (Wildman–Crippen MR) is 137 cm³/mol. The second kappa shape index (κ2) is 12.7. The molecule has 7 nitrogen and oxygen atoms in total. The van der Waals surface area contributed by atoms with Crippen LogP contribution < -0.4 is 16.0 Å². The molecule has 0 aromatic heterocycles. The fraction of sp³-hybridized carbons (Fsp3) is 0.364. The van der Waals surface area contributed by atoms with Crippen molar-refractivity contribution < 1.29 is 17.6 Å². The molecule has 2 rings (SSSR count). The van der Waals surface area contributed by atoms with Crippen molar-refractivity contribution in [1.82, 2.24) is 10.6 Å². The van der Waals surface area contributed by atoms with Crippen molar-refractivity contribution in [3.8, 4) is 0 Å². The topological polar surface area (TPSA) is 99.7 Å². The Hall–Kier alpha value is -2.21. The van der Waals surface area contributed by atoms with Crippen LogP contribution in [-0.4, -0.2) is 33.6 Å². The summed E-state index contributed by atoms with van der Waals surface area (Å²) in [7, 11) is -1.63. The fourth-order valence-electron chi connectivity index (χ4n) is 2.76. The van der Waals surface area contributed by atoms with Gasteiger partial charge in [-0.15, -0.1) is 24.0 Å². The third-order valence-corrected chi connectivity index (χ3v) is 5.30. The minimum atomic E-state index is -3.24. The third kappa shape index (κ3) is 9.51. The van der Waals surface area contributed by atoms with Crippen LogP contribution in [0.3, 0.4) is 0 Å². The van der Waals surface area contributed by atoms with Gasteiger partial charge in [-0.05, 0) is 41.0 Å². The summed E-state index contributed by atoms with van der Waals surface area (Å²) < 4.78 is 36.9. The van der Waals surface area contributed by atoms with Crippen LogP contribution in [0.1, 0.15) is 30.5 Å². The number of carbonyl (C=O) groups excluding carboxylic acids is 1. The minimum absolute atomic E-state index is 0. The molecule has 0 fully saturated rings. The molecule has 2 aromatic rings. The first kappa shape index (κ1) is 27.8. The van der Waals surface area contributed by atoms with Crippen LogP contribution in [0, 0.1) is 11.7 Å². The Kier molecular flexibility index (Phi) is 11.1. The Bertz CT molecular complexity index is 1040. The quantitative estimate of drug-likeness (QED) is 0.254. The second-order valence-electron chi connectivity index (χ2n) is 7.60. The molecule has 0 aliphatic heterocycles. The van der Waals surface area contributed by atoms with Crippen LogP contribution in [0.5, 0.6) is 0 Å². The number of guanidine groups is 1. The normalized spacial score (nSPS) is 11.6. The molecule has 1 amide bonds. The summed E-state index contributed by atoms with van der Waals surface area (Å²) in [6.45, 7) is 4.38. The van der Waals surface area contributed by atoms with Crippen molar-refractivity contribution in [2.75, 3.05) is 18.6 Å². The molecule has 2 aromatic carbocycles. The zero-order valence-corrected chi connectivity index (χ0v) is 21.8. The molecule has 0 unspecified atom stereocenters. The molecule has 0 saturated carbocycles. The molecule has 0 heterocycles. The van der Waals surface area contributed by atoms with Gasteiger partial charge in [0, 0.05) is 38.0 Å². The molecule has 3 N–H and O–H groups in total. The number of aliphatic imine (C=N–C) groups is 1. The molecule has 32 heavy (non-hydrogen) atoms. The molecule has 10 heteroatoms. The number of halogens is 2. The molecule has 176 valence electrons. The maximum Gasteiger partial charge on any atom is 0.226 e. The van der Waals surface area contributed by atoms with Crippen LogP contribution in [-0.2, 0) is 33.5 Å². The largest absolute Gasteiger partial charge is 0.352 e. The van der Waals surface area contributed by atoms with Crippen molar-refractivity contribution >= 4 is 51.4 Å². The van der Waals surface area contributed by atoms with Gasteiger partial charge in [-0.2, -0.15) is 0 Å². The number of sulfone groups is 1. The maximum absolute atomic E-state index is 13.7. The predicted octanol–water partition coefficient (Wildman–Crippen LogP) is 3.45. The molecular weight excluding hydrogens is 546 g/mol. The van der Waals surface area contributed by atoms with Gasteiger partial charge < -0.3 is 16.0 Å². The number of hydrogen-bond acceptors (Lipinski definition) is 4. The van der Waals surface area contributed by atoms with E-state index in [1.807, 2.05) is 38.1 Å². The molecule has 0 bridgehead atoms. The summed E-state index contributed by atoms with van der Waals surface area (Å²) in [5, 5.41) is 9.08. The van der Waals surface area contributed by atoms with Gasteiger partial charge in [0.05, 0.1) is 5.75 Å². The van der Waals surface area contributed by atoms with Crippen LogP contribution in [0.25, 0.3) is 0 Å². The standard InChI is InChI=1S/C22H29FN4O3S.HI/c1-15(2)21(28)27-20-9-5-16(6-10-20)12-25-22(24-3)26-13-18-11-19(23)8-7-17(18)14-31(4,29)30;/h5-11,15H,12-14H2,1-4H3,(H,27,28)(H2,24,25,26);1H. The van der Waals surface area contributed by atoms with Gasteiger partial charge in [0.2, 0.25) is 5.91 Å². The average Bonchev–Trinajstić information content (AvgIpc) is 2.70. The van der Waals surface area contributed by atoms with E-state index in [-0.39, 0.29) is 48.1 Å². The number of anilines is 1. The summed E-state index contributed by atoms with van der Waals surface area (Å²) >= 11 is 0. The highest BCUT2D eigenvalue weighted by Crippen LogP contribution is 2.15. The van der Waals surface area contributed by atoms with Gasteiger partial charge in [0.25, 0.3) is 0 Å². The van der Waals surface area contributed by atoms with Crippen molar-refractivity contribution in [3.63, 3.8) is 0 Å². The van der Waals surface area contributed by atoms with E-state index in [4.69, 9.17) is 0 Å². The second-order valence-corrected chi connectivity index (χ2v) is 9.74. The van der Waals surface area contributed by atoms with E-state index in [1.54, 1.807) is 7.05 Å². The maximum atomic E-state index is 13.7. The van der Waals surface area contributed by atoms with Crippen molar-refractivity contribution in [2.45, 2.75) is 32.7 Å². The van der Waals surface area contributed by atoms with Crippen molar-refractivity contribution in [2.24, 2.45) is 10.9 Å². The van der Waals surface area contributed by atoms with Gasteiger partial charge in [0.1, 0.15) is 5.82 Å². The molecule has 0 aliphatic carbocycles. The summed E-state index contributed by atoms with van der Waals surface area (Å²) in [6.07, 6.45) is 1.15. The minimum Gasteiger partial charge on any atom is -0.352 e. The summed E-state index contributed by atoms with van der Waals surface area (Å²) in [4.78, 5) is 15.9. The summed E-state index contributed by atoms with van der Waals surface area (Å²) in [5.41, 5.74) is 2.81. The lowest BCUT2D eigenvalue weighted by Gasteiger charge is -2.15. The van der Waals surface area contributed by atoms with E-state index in [9.17, 15) is 17.6 Å². The number of hydrogen-bond donors (Lipinski definition) is 3. The fourth-order valence-corrected chi connectivity index (χ4v) is 3.61. The first-order valence-electron chi connectivity index (χ1n) is 9.86. The van der Waals surface area contributed by atoms with Gasteiger partial charge >= 0.3 is 0 Å². The highest BCUT2D eigenvalue weighted by molar-refractivity contribution is 14.0. The van der Waals surface area contributed by atoms with E-state index in [0.717, 1.165) is 17.5 Å². The zero-order chi connectivity index (χ0) is 23.0. The van der Waals surface area contributed by atoms with Gasteiger partial charge in [-0.1, -0.05) is 32.0 Å². The first-order valence-corrected chi connectivity index (χ1v) is 11.9. The van der Waals surface area contributed by atoms with E-state index in [2.05, 4.69) is 20.9 Å². The van der Waals surface area contributed by atoms with Crippen LogP contribution >= 0.6 is 24.0 Å². The van der Waals surface area contributed by atoms with E-state index >= 15 is 0 Å². The molecule has 0 atom stereocenters. The SMILES string of the molecule is CN=C(NCc1ccc(NC(=O)C(C)C)cc1)NCc1cc(F)ccc1CS(C)(=O)=O.I. The number of amides is 1. The molecule has 0 aliphatic rings. The lowest BCUT2D eigenvalue weighted by molar-refractivity contribution is -0.118. The van der Waals surface area contributed by atoms with Crippen LogP contribution in [0.4, 0.5) is 10.1 Å². The Labute approximate surface area is 206 Å². The highest BCUT2D eigenvalue weighted by atomic mass is 127. The number of benzene rings is 2. The Morgan fingerprint density at radius 2 is 1.66 bits per heavy atom. The molecule has 0 saturated heterocycles. The Morgan fingerprint density at radius 1 is 1.03 bits per heavy atom. The lowest BCUT2D eigenvalue weighted by Crippen LogP contribution is -2.36. The molecule has 0 radical (unpaired) electrons. The monoisotopic (exact) mass is 576 g/mol. The lowest BCUT2D eigenvalue weighted by atomic mass is 10.1. The van der Waals surface area contributed by atoms with Crippen molar-refractivity contribution in [1.29, 1.82) is 0 Å².